The van der Waals surface area contributed by atoms with Gasteiger partial charge in [0.15, 0.2) is 0 Å². The van der Waals surface area contributed by atoms with Crippen LogP contribution in [0.1, 0.15) is 29.3 Å². The van der Waals surface area contributed by atoms with Gasteiger partial charge in [-0.25, -0.2) is 9.97 Å². The van der Waals surface area contributed by atoms with Crippen molar-refractivity contribution < 1.29 is 4.79 Å². The molecule has 0 aliphatic carbocycles. The van der Waals surface area contributed by atoms with Crippen LogP contribution in [0.5, 0.6) is 0 Å². The molecule has 1 aromatic heterocycles. The fourth-order valence-corrected chi connectivity index (χ4v) is 2.10. The Morgan fingerprint density at radius 1 is 1.23 bits per heavy atom. The summed E-state index contributed by atoms with van der Waals surface area (Å²) in [6, 6.07) is 7.60. The van der Waals surface area contributed by atoms with Crippen LogP contribution in [0.4, 0.5) is 5.95 Å². The van der Waals surface area contributed by atoms with E-state index in [-0.39, 0.29) is 5.91 Å². The van der Waals surface area contributed by atoms with Crippen LogP contribution in [0.3, 0.4) is 0 Å². The lowest BCUT2D eigenvalue weighted by atomic mass is 10.1. The SMILES string of the molecule is CCCNc1ncc(C(=O)NCCc2cccc(Cl)c2)cn1. The number of hydrogen-bond donors (Lipinski definition) is 2. The maximum Gasteiger partial charge on any atom is 0.254 e. The molecule has 0 aliphatic rings. The first kappa shape index (κ1) is 16.2. The van der Waals surface area contributed by atoms with Crippen molar-refractivity contribution in [3.8, 4) is 0 Å². The Bertz CT molecular complexity index is 616. The number of carbonyl (C=O) groups is 1. The molecule has 0 fully saturated rings. The maximum atomic E-state index is 12.0. The molecule has 0 radical (unpaired) electrons. The van der Waals surface area contributed by atoms with E-state index in [0.29, 0.717) is 23.1 Å². The van der Waals surface area contributed by atoms with Gasteiger partial charge < -0.3 is 10.6 Å². The Morgan fingerprint density at radius 2 is 2.00 bits per heavy atom. The molecular formula is C16H19ClN4O. The van der Waals surface area contributed by atoms with Gasteiger partial charge in [0.05, 0.1) is 5.56 Å². The summed E-state index contributed by atoms with van der Waals surface area (Å²) in [5.41, 5.74) is 1.54. The largest absolute Gasteiger partial charge is 0.354 e. The van der Waals surface area contributed by atoms with Crippen molar-refractivity contribution in [2.24, 2.45) is 0 Å². The van der Waals surface area contributed by atoms with E-state index >= 15 is 0 Å². The maximum absolute atomic E-state index is 12.0. The summed E-state index contributed by atoms with van der Waals surface area (Å²) in [4.78, 5) is 20.2. The molecule has 22 heavy (non-hydrogen) atoms. The van der Waals surface area contributed by atoms with Gasteiger partial charge in [-0.2, -0.15) is 0 Å². The van der Waals surface area contributed by atoms with Gasteiger partial charge in [-0.15, -0.1) is 0 Å². The van der Waals surface area contributed by atoms with Crippen LogP contribution in [-0.2, 0) is 6.42 Å². The monoisotopic (exact) mass is 318 g/mol. The van der Waals surface area contributed by atoms with Crippen molar-refractivity contribution in [3.05, 3.63) is 52.8 Å². The summed E-state index contributed by atoms with van der Waals surface area (Å²) in [6.45, 7) is 3.41. The first-order valence-corrected chi connectivity index (χ1v) is 7.65. The van der Waals surface area contributed by atoms with Crippen molar-refractivity contribution in [1.82, 2.24) is 15.3 Å². The van der Waals surface area contributed by atoms with Gasteiger partial charge >= 0.3 is 0 Å². The lowest BCUT2D eigenvalue weighted by molar-refractivity contribution is 0.0953. The molecule has 116 valence electrons. The van der Waals surface area contributed by atoms with E-state index in [1.54, 1.807) is 0 Å². The van der Waals surface area contributed by atoms with Crippen molar-refractivity contribution in [3.63, 3.8) is 0 Å². The van der Waals surface area contributed by atoms with E-state index in [1.165, 1.54) is 12.4 Å². The van der Waals surface area contributed by atoms with Crippen LogP contribution in [0.25, 0.3) is 0 Å². The second kappa shape index (κ2) is 8.34. The third-order valence-corrected chi connectivity index (χ3v) is 3.27. The zero-order chi connectivity index (χ0) is 15.8. The van der Waals surface area contributed by atoms with Gasteiger partial charge in [0.1, 0.15) is 0 Å². The molecule has 0 bridgehead atoms. The molecule has 0 spiro atoms. The molecule has 2 aromatic rings. The number of anilines is 1. The quantitative estimate of drug-likeness (QED) is 0.823. The van der Waals surface area contributed by atoms with Gasteiger partial charge in [0.2, 0.25) is 5.95 Å². The number of aromatic nitrogens is 2. The first-order chi connectivity index (χ1) is 10.7. The summed E-state index contributed by atoms with van der Waals surface area (Å²) in [5.74, 6) is 0.362. The van der Waals surface area contributed by atoms with Crippen LogP contribution in [0.15, 0.2) is 36.7 Å². The Hall–Kier alpha value is -2.14. The van der Waals surface area contributed by atoms with Crippen molar-refractivity contribution in [2.75, 3.05) is 18.4 Å². The second-order valence-corrected chi connectivity index (χ2v) is 5.29. The molecule has 0 saturated carbocycles. The number of nitrogens with one attached hydrogen (secondary N) is 2. The predicted molar refractivity (Wildman–Crippen MR) is 88.3 cm³/mol. The summed E-state index contributed by atoms with van der Waals surface area (Å²) in [6.07, 6.45) is 4.78. The number of halogens is 1. The van der Waals surface area contributed by atoms with E-state index in [2.05, 4.69) is 27.5 Å². The van der Waals surface area contributed by atoms with Gasteiger partial charge in [0.25, 0.3) is 5.91 Å². The molecule has 0 atom stereocenters. The van der Waals surface area contributed by atoms with Crippen molar-refractivity contribution in [2.45, 2.75) is 19.8 Å². The van der Waals surface area contributed by atoms with E-state index in [9.17, 15) is 4.79 Å². The van der Waals surface area contributed by atoms with Gasteiger partial charge in [-0.3, -0.25) is 4.79 Å². The van der Waals surface area contributed by atoms with Crippen LogP contribution in [0.2, 0.25) is 5.02 Å². The van der Waals surface area contributed by atoms with Crippen LogP contribution in [-0.4, -0.2) is 29.0 Å². The molecule has 2 N–H and O–H groups in total. The van der Waals surface area contributed by atoms with Crippen molar-refractivity contribution in [1.29, 1.82) is 0 Å². The highest BCUT2D eigenvalue weighted by atomic mass is 35.5. The fraction of sp³-hybridized carbons (Fsp3) is 0.312. The zero-order valence-electron chi connectivity index (χ0n) is 12.5. The highest BCUT2D eigenvalue weighted by molar-refractivity contribution is 6.30. The van der Waals surface area contributed by atoms with Gasteiger partial charge in [-0.1, -0.05) is 30.7 Å². The van der Waals surface area contributed by atoms with Gasteiger partial charge in [0, 0.05) is 30.5 Å². The van der Waals surface area contributed by atoms with E-state index < -0.39 is 0 Å². The average molecular weight is 319 g/mol. The normalized spacial score (nSPS) is 10.3. The number of carbonyl (C=O) groups excluding carboxylic acids is 1. The average Bonchev–Trinajstić information content (AvgIpc) is 2.53. The molecule has 0 aliphatic heterocycles. The molecule has 6 heteroatoms. The van der Waals surface area contributed by atoms with Crippen LogP contribution >= 0.6 is 11.6 Å². The summed E-state index contributed by atoms with van der Waals surface area (Å²) >= 11 is 5.92. The minimum atomic E-state index is -0.177. The predicted octanol–water partition coefficient (Wildman–Crippen LogP) is 2.92. The molecule has 1 heterocycles. The minimum Gasteiger partial charge on any atom is -0.354 e. The summed E-state index contributed by atoms with van der Waals surface area (Å²) in [5, 5.41) is 6.61. The topological polar surface area (TPSA) is 66.9 Å². The lowest BCUT2D eigenvalue weighted by Crippen LogP contribution is -2.26. The molecule has 1 aromatic carbocycles. The second-order valence-electron chi connectivity index (χ2n) is 4.86. The minimum absolute atomic E-state index is 0.177. The van der Waals surface area contributed by atoms with Crippen molar-refractivity contribution >= 4 is 23.5 Å². The lowest BCUT2D eigenvalue weighted by Gasteiger charge is -2.06. The molecule has 5 nitrogen and oxygen atoms in total. The van der Waals surface area contributed by atoms with Gasteiger partial charge in [-0.05, 0) is 30.5 Å². The van der Waals surface area contributed by atoms with E-state index in [1.807, 2.05) is 24.3 Å². The third kappa shape index (κ3) is 5.00. The zero-order valence-corrected chi connectivity index (χ0v) is 13.2. The molecule has 1 amide bonds. The number of amides is 1. The number of nitrogens with zero attached hydrogens (tertiary/aromatic N) is 2. The standard InChI is InChI=1S/C16H19ClN4O/c1-2-7-19-16-20-10-13(11-21-16)15(22)18-8-6-12-4-3-5-14(17)9-12/h3-5,9-11H,2,6-8H2,1H3,(H,18,22)(H,19,20,21). The molecule has 0 saturated heterocycles. The third-order valence-electron chi connectivity index (χ3n) is 3.04. The number of hydrogen-bond acceptors (Lipinski definition) is 4. The van der Waals surface area contributed by atoms with E-state index in [0.717, 1.165) is 24.9 Å². The van der Waals surface area contributed by atoms with Crippen LogP contribution < -0.4 is 10.6 Å². The molecule has 2 rings (SSSR count). The highest BCUT2D eigenvalue weighted by Crippen LogP contribution is 2.10. The molecule has 0 unspecified atom stereocenters. The van der Waals surface area contributed by atoms with Crippen LogP contribution in [0, 0.1) is 0 Å². The Morgan fingerprint density at radius 3 is 2.68 bits per heavy atom. The van der Waals surface area contributed by atoms with E-state index in [4.69, 9.17) is 11.6 Å². The Kier molecular flexibility index (Phi) is 6.15. The smallest absolute Gasteiger partial charge is 0.254 e. The fourth-order valence-electron chi connectivity index (χ4n) is 1.89. The Balaban J connectivity index is 1.81. The summed E-state index contributed by atoms with van der Waals surface area (Å²) < 4.78 is 0. The number of benzene rings is 1. The highest BCUT2D eigenvalue weighted by Gasteiger charge is 2.06. The Labute approximate surface area is 135 Å². The first-order valence-electron chi connectivity index (χ1n) is 7.27. The summed E-state index contributed by atoms with van der Waals surface area (Å²) in [7, 11) is 0. The number of rotatable bonds is 7. The molecular weight excluding hydrogens is 300 g/mol.